The fraction of sp³-hybridized carbons (Fsp3) is 0.588. The molecule has 1 saturated heterocycles. The van der Waals surface area contributed by atoms with E-state index in [1.807, 2.05) is 4.68 Å². The molecule has 1 aliphatic heterocycles. The van der Waals surface area contributed by atoms with Crippen LogP contribution in [0.5, 0.6) is 0 Å². The van der Waals surface area contributed by atoms with Crippen LogP contribution in [0.3, 0.4) is 0 Å². The number of aldehydes is 1. The lowest BCUT2D eigenvalue weighted by Gasteiger charge is -2.34. The van der Waals surface area contributed by atoms with Gasteiger partial charge in [0.2, 0.25) is 5.91 Å². The monoisotopic (exact) mass is 358 g/mol. The van der Waals surface area contributed by atoms with Crippen LogP contribution < -0.4 is 16.2 Å². The first-order chi connectivity index (χ1) is 12.7. The minimum absolute atomic E-state index is 0.00746. The zero-order valence-corrected chi connectivity index (χ0v) is 14.4. The fourth-order valence-corrected chi connectivity index (χ4v) is 3.86. The Morgan fingerprint density at radius 3 is 2.81 bits per heavy atom. The van der Waals surface area contributed by atoms with E-state index in [9.17, 15) is 14.4 Å². The second kappa shape index (κ2) is 6.99. The minimum atomic E-state index is -0.259. The van der Waals surface area contributed by atoms with E-state index in [2.05, 4.69) is 25.7 Å². The molecular weight excluding hydrogens is 336 g/mol. The Morgan fingerprint density at radius 2 is 2.12 bits per heavy atom. The van der Waals surface area contributed by atoms with Crippen molar-refractivity contribution in [2.45, 2.75) is 37.6 Å². The summed E-state index contributed by atoms with van der Waals surface area (Å²) in [5, 5.41) is 10.8. The molecule has 0 bridgehead atoms. The molecule has 0 spiro atoms. The van der Waals surface area contributed by atoms with Gasteiger partial charge in [-0.15, -0.1) is 0 Å². The number of nitrogens with one attached hydrogen (secondary N) is 3. The molecule has 2 atom stereocenters. The van der Waals surface area contributed by atoms with E-state index in [0.717, 1.165) is 38.8 Å². The van der Waals surface area contributed by atoms with E-state index in [1.54, 1.807) is 6.20 Å². The normalized spacial score (nSPS) is 23.5. The van der Waals surface area contributed by atoms with E-state index in [1.165, 1.54) is 0 Å². The largest absolute Gasteiger partial charge is 0.349 e. The van der Waals surface area contributed by atoms with Crippen molar-refractivity contribution in [2.24, 2.45) is 5.92 Å². The first-order valence-electron chi connectivity index (χ1n) is 9.08. The summed E-state index contributed by atoms with van der Waals surface area (Å²) >= 11 is 0. The number of carbonyl (C=O) groups is 2. The van der Waals surface area contributed by atoms with Gasteiger partial charge in [-0.1, -0.05) is 0 Å². The molecular formula is C17H22N6O3. The molecule has 9 heteroatoms. The summed E-state index contributed by atoms with van der Waals surface area (Å²) in [6.07, 6.45) is 5.64. The maximum absolute atomic E-state index is 12.5. The lowest BCUT2D eigenvalue weighted by Crippen LogP contribution is -2.41. The van der Waals surface area contributed by atoms with Gasteiger partial charge in [-0.2, -0.15) is 5.10 Å². The number of fused-ring (bicyclic) bond motifs is 1. The number of hydrogen-bond acceptors (Lipinski definition) is 6. The summed E-state index contributed by atoms with van der Waals surface area (Å²) in [7, 11) is 0. The van der Waals surface area contributed by atoms with Crippen molar-refractivity contribution in [3.05, 3.63) is 22.4 Å². The summed E-state index contributed by atoms with van der Waals surface area (Å²) in [4.78, 5) is 42.6. The summed E-state index contributed by atoms with van der Waals surface area (Å²) in [6, 6.07) is 0.226. The zero-order chi connectivity index (χ0) is 18.1. The van der Waals surface area contributed by atoms with Gasteiger partial charge >= 0.3 is 0 Å². The molecule has 2 aliphatic rings. The SMILES string of the molecule is O=CCNC(=O)C1CCC1c1nc2c(cnn2C2CCNCC2)c(=O)[nH]1. The molecule has 0 aromatic carbocycles. The van der Waals surface area contributed by atoms with Crippen LogP contribution in [0, 0.1) is 5.92 Å². The smallest absolute Gasteiger partial charge is 0.262 e. The highest BCUT2D eigenvalue weighted by atomic mass is 16.2. The molecule has 138 valence electrons. The summed E-state index contributed by atoms with van der Waals surface area (Å²) < 4.78 is 1.86. The zero-order valence-electron chi connectivity index (χ0n) is 14.4. The van der Waals surface area contributed by atoms with E-state index >= 15 is 0 Å². The first-order valence-corrected chi connectivity index (χ1v) is 9.08. The molecule has 9 nitrogen and oxygen atoms in total. The number of rotatable bonds is 5. The van der Waals surface area contributed by atoms with Crippen LogP contribution in [0.15, 0.2) is 11.0 Å². The Hall–Kier alpha value is -2.55. The maximum Gasteiger partial charge on any atom is 0.262 e. The standard InChI is InChI=1S/C17H22N6O3/c24-8-7-19-16(25)12-2-1-11(12)14-21-15-13(17(26)22-14)9-20-23(15)10-3-5-18-6-4-10/h8-12,18H,1-7H2,(H,19,25)(H,21,22,26). The highest BCUT2D eigenvalue weighted by molar-refractivity contribution is 5.82. The number of nitrogens with zero attached hydrogens (tertiary/aromatic N) is 3. The molecule has 2 aromatic rings. The van der Waals surface area contributed by atoms with Crippen LogP contribution in [-0.4, -0.2) is 51.6 Å². The van der Waals surface area contributed by atoms with Crippen LogP contribution in [-0.2, 0) is 9.59 Å². The van der Waals surface area contributed by atoms with Crippen LogP contribution in [0.2, 0.25) is 0 Å². The summed E-state index contributed by atoms with van der Waals surface area (Å²) in [5.41, 5.74) is 0.374. The van der Waals surface area contributed by atoms with Crippen molar-refractivity contribution >= 4 is 23.2 Å². The van der Waals surface area contributed by atoms with E-state index in [-0.39, 0.29) is 35.9 Å². The predicted molar refractivity (Wildman–Crippen MR) is 93.8 cm³/mol. The Morgan fingerprint density at radius 1 is 1.31 bits per heavy atom. The van der Waals surface area contributed by atoms with Crippen molar-refractivity contribution in [3.8, 4) is 0 Å². The molecule has 2 aromatic heterocycles. The summed E-state index contributed by atoms with van der Waals surface area (Å²) in [5.74, 6) is -0.0143. The van der Waals surface area contributed by atoms with Crippen molar-refractivity contribution in [1.82, 2.24) is 30.4 Å². The minimum Gasteiger partial charge on any atom is -0.349 e. The van der Waals surface area contributed by atoms with Gasteiger partial charge in [-0.3, -0.25) is 9.59 Å². The molecule has 2 unspecified atom stereocenters. The average Bonchev–Trinajstić information content (AvgIpc) is 3.04. The van der Waals surface area contributed by atoms with Gasteiger partial charge in [0.05, 0.1) is 18.8 Å². The quantitative estimate of drug-likeness (QED) is 0.639. The van der Waals surface area contributed by atoms with Crippen molar-refractivity contribution < 1.29 is 9.59 Å². The molecule has 4 rings (SSSR count). The van der Waals surface area contributed by atoms with Gasteiger partial charge in [-0.05, 0) is 38.8 Å². The van der Waals surface area contributed by atoms with Crippen LogP contribution in [0.4, 0.5) is 0 Å². The molecule has 1 aliphatic carbocycles. The van der Waals surface area contributed by atoms with Crippen LogP contribution >= 0.6 is 0 Å². The Labute approximate surface area is 149 Å². The van der Waals surface area contributed by atoms with Crippen LogP contribution in [0.1, 0.15) is 43.5 Å². The highest BCUT2D eigenvalue weighted by Crippen LogP contribution is 2.41. The number of carbonyl (C=O) groups excluding carboxylic acids is 2. The summed E-state index contributed by atoms with van der Waals surface area (Å²) in [6.45, 7) is 1.85. The van der Waals surface area contributed by atoms with E-state index in [4.69, 9.17) is 0 Å². The second-order valence-corrected chi connectivity index (χ2v) is 6.96. The fourth-order valence-electron chi connectivity index (χ4n) is 3.86. The van der Waals surface area contributed by atoms with Crippen molar-refractivity contribution in [3.63, 3.8) is 0 Å². The van der Waals surface area contributed by atoms with Crippen LogP contribution in [0.25, 0.3) is 11.0 Å². The molecule has 2 fully saturated rings. The van der Waals surface area contributed by atoms with Gasteiger partial charge in [0.1, 0.15) is 17.5 Å². The van der Waals surface area contributed by atoms with Crippen molar-refractivity contribution in [2.75, 3.05) is 19.6 Å². The number of aromatic amines is 1. The Kier molecular flexibility index (Phi) is 4.54. The lowest BCUT2D eigenvalue weighted by atomic mass is 9.72. The highest BCUT2D eigenvalue weighted by Gasteiger charge is 2.39. The molecule has 1 saturated carbocycles. The number of aromatic nitrogens is 4. The number of hydrogen-bond donors (Lipinski definition) is 3. The molecule has 3 heterocycles. The topological polar surface area (TPSA) is 122 Å². The van der Waals surface area contributed by atoms with Crippen molar-refractivity contribution in [1.29, 1.82) is 0 Å². The van der Waals surface area contributed by atoms with E-state index < -0.39 is 0 Å². The Balaban J connectivity index is 1.65. The number of H-pyrrole nitrogens is 1. The third-order valence-corrected chi connectivity index (χ3v) is 5.46. The van der Waals surface area contributed by atoms with E-state index in [0.29, 0.717) is 23.1 Å². The Bertz CT molecular complexity index is 882. The third kappa shape index (κ3) is 2.92. The lowest BCUT2D eigenvalue weighted by molar-refractivity contribution is -0.129. The molecule has 26 heavy (non-hydrogen) atoms. The third-order valence-electron chi connectivity index (χ3n) is 5.46. The molecule has 0 radical (unpaired) electrons. The molecule has 1 amide bonds. The second-order valence-electron chi connectivity index (χ2n) is 6.96. The molecule has 3 N–H and O–H groups in total. The van der Waals surface area contributed by atoms with Gasteiger partial charge in [0.25, 0.3) is 5.56 Å². The predicted octanol–water partition coefficient (Wildman–Crippen LogP) is -0.147. The van der Waals surface area contributed by atoms with Gasteiger partial charge < -0.3 is 20.4 Å². The average molecular weight is 358 g/mol. The van der Waals surface area contributed by atoms with Gasteiger partial charge in [-0.25, -0.2) is 9.67 Å². The number of piperidine rings is 1. The van der Waals surface area contributed by atoms with Gasteiger partial charge in [0, 0.05) is 11.8 Å². The maximum atomic E-state index is 12.5. The first kappa shape index (κ1) is 16.9. The van der Waals surface area contributed by atoms with Gasteiger partial charge in [0.15, 0.2) is 5.65 Å². The number of amides is 1.